The average molecular weight is 191 g/mol. The maximum Gasteiger partial charge on any atom is 0.0130 e. The molecule has 5 fully saturated rings. The fourth-order valence-electron chi connectivity index (χ4n) is 5.46. The third-order valence-corrected chi connectivity index (χ3v) is 5.87. The molecule has 0 aromatic rings. The lowest BCUT2D eigenvalue weighted by molar-refractivity contribution is 0.00394. The maximum absolute atomic E-state index is 3.92. The Labute approximate surface area is 86.6 Å². The van der Waals surface area contributed by atoms with Crippen molar-refractivity contribution in [1.29, 1.82) is 0 Å². The molecule has 0 amide bonds. The second-order valence-corrected chi connectivity index (χ2v) is 6.34. The summed E-state index contributed by atoms with van der Waals surface area (Å²) >= 11 is 0. The van der Waals surface area contributed by atoms with E-state index in [1.165, 1.54) is 6.42 Å². The Morgan fingerprint density at radius 1 is 0.929 bits per heavy atom. The average Bonchev–Trinajstić information content (AvgIpc) is 2.78. The first-order valence-electron chi connectivity index (χ1n) is 6.60. The SMILES string of the molecule is CC1CC2NC1C1C3CCC(CC3)C21. The van der Waals surface area contributed by atoms with E-state index in [0.717, 1.165) is 41.7 Å². The van der Waals surface area contributed by atoms with Crippen LogP contribution in [0, 0.1) is 29.6 Å². The lowest BCUT2D eigenvalue weighted by atomic mass is 9.53. The second kappa shape index (κ2) is 2.55. The molecule has 2 heterocycles. The van der Waals surface area contributed by atoms with Crippen molar-refractivity contribution in [2.24, 2.45) is 29.6 Å². The molecule has 1 N–H and O–H groups in total. The van der Waals surface area contributed by atoms with Crippen molar-refractivity contribution in [2.45, 2.75) is 51.1 Å². The molecule has 3 saturated carbocycles. The normalized spacial score (nSPS) is 64.5. The first-order chi connectivity index (χ1) is 6.84. The highest BCUT2D eigenvalue weighted by Gasteiger charge is 2.58. The minimum absolute atomic E-state index is 0.915. The highest BCUT2D eigenvalue weighted by molar-refractivity contribution is 5.12. The molecule has 14 heavy (non-hydrogen) atoms. The summed E-state index contributed by atoms with van der Waals surface area (Å²) in [4.78, 5) is 0. The van der Waals surface area contributed by atoms with Crippen LogP contribution in [0.25, 0.3) is 0 Å². The van der Waals surface area contributed by atoms with E-state index in [1.54, 1.807) is 25.7 Å². The Hall–Kier alpha value is -0.0400. The van der Waals surface area contributed by atoms with E-state index in [-0.39, 0.29) is 0 Å². The van der Waals surface area contributed by atoms with Gasteiger partial charge in [0.25, 0.3) is 0 Å². The van der Waals surface area contributed by atoms with Gasteiger partial charge in [-0.05, 0) is 61.7 Å². The molecule has 0 spiro atoms. The standard InChI is InChI=1S/C13H21N/c1-7-6-10-11-8-2-4-9(5-3-8)12(11)13(7)14-10/h7-14H,2-6H2,1H3. The zero-order valence-electron chi connectivity index (χ0n) is 9.08. The number of hydrogen-bond acceptors (Lipinski definition) is 1. The zero-order chi connectivity index (χ0) is 9.28. The van der Waals surface area contributed by atoms with Crippen LogP contribution in [0.3, 0.4) is 0 Å². The Morgan fingerprint density at radius 2 is 1.57 bits per heavy atom. The van der Waals surface area contributed by atoms with Gasteiger partial charge in [-0.1, -0.05) is 6.92 Å². The van der Waals surface area contributed by atoms with Crippen LogP contribution in [0.5, 0.6) is 0 Å². The molecule has 2 saturated heterocycles. The fraction of sp³-hybridized carbons (Fsp3) is 1.00. The van der Waals surface area contributed by atoms with Gasteiger partial charge in [0.05, 0.1) is 0 Å². The van der Waals surface area contributed by atoms with Crippen LogP contribution in [0.15, 0.2) is 0 Å². The van der Waals surface area contributed by atoms with Gasteiger partial charge in [0.15, 0.2) is 0 Å². The molecule has 5 unspecified atom stereocenters. The van der Waals surface area contributed by atoms with Gasteiger partial charge in [0, 0.05) is 12.1 Å². The summed E-state index contributed by atoms with van der Waals surface area (Å²) in [5, 5.41) is 3.92. The Bertz CT molecular complexity index is 254. The molecular formula is C13H21N. The van der Waals surface area contributed by atoms with Crippen LogP contribution in [0.2, 0.25) is 0 Å². The lowest BCUT2D eigenvalue weighted by Crippen LogP contribution is -2.47. The zero-order valence-corrected chi connectivity index (χ0v) is 9.08. The van der Waals surface area contributed by atoms with E-state index < -0.39 is 0 Å². The van der Waals surface area contributed by atoms with Gasteiger partial charge < -0.3 is 5.32 Å². The van der Waals surface area contributed by atoms with Gasteiger partial charge >= 0.3 is 0 Å². The predicted octanol–water partition coefficient (Wildman–Crippen LogP) is 2.42. The molecule has 3 aliphatic carbocycles. The Balaban J connectivity index is 1.73. The van der Waals surface area contributed by atoms with E-state index in [0.29, 0.717) is 0 Å². The van der Waals surface area contributed by atoms with Crippen LogP contribution < -0.4 is 5.32 Å². The van der Waals surface area contributed by atoms with E-state index in [1.807, 2.05) is 0 Å². The number of rotatable bonds is 0. The second-order valence-electron chi connectivity index (χ2n) is 6.34. The van der Waals surface area contributed by atoms with E-state index in [4.69, 9.17) is 0 Å². The lowest BCUT2D eigenvalue weighted by Gasteiger charge is -2.51. The van der Waals surface area contributed by atoms with Crippen LogP contribution in [-0.4, -0.2) is 12.1 Å². The largest absolute Gasteiger partial charge is 0.310 e. The summed E-state index contributed by atoms with van der Waals surface area (Å²) in [6.45, 7) is 2.47. The first-order valence-corrected chi connectivity index (χ1v) is 6.60. The quantitative estimate of drug-likeness (QED) is 0.620. The van der Waals surface area contributed by atoms with Gasteiger partial charge in [-0.3, -0.25) is 0 Å². The van der Waals surface area contributed by atoms with Crippen molar-refractivity contribution in [2.75, 3.05) is 0 Å². The third kappa shape index (κ3) is 0.816. The van der Waals surface area contributed by atoms with Gasteiger partial charge in [-0.15, -0.1) is 0 Å². The molecular weight excluding hydrogens is 170 g/mol. The number of fused-ring (bicyclic) bond motifs is 4. The molecule has 0 aromatic heterocycles. The van der Waals surface area contributed by atoms with E-state index in [2.05, 4.69) is 12.2 Å². The van der Waals surface area contributed by atoms with Crippen LogP contribution >= 0.6 is 0 Å². The van der Waals surface area contributed by atoms with Gasteiger partial charge in [0.2, 0.25) is 0 Å². The molecule has 0 aromatic carbocycles. The van der Waals surface area contributed by atoms with Crippen molar-refractivity contribution < 1.29 is 0 Å². The summed E-state index contributed by atoms with van der Waals surface area (Å²) < 4.78 is 0. The molecule has 1 heteroatoms. The highest BCUT2D eigenvalue weighted by atomic mass is 15.1. The van der Waals surface area contributed by atoms with Gasteiger partial charge in [-0.2, -0.15) is 0 Å². The summed E-state index contributed by atoms with van der Waals surface area (Å²) in [5.74, 6) is 5.38. The van der Waals surface area contributed by atoms with Crippen molar-refractivity contribution in [3.63, 3.8) is 0 Å². The monoisotopic (exact) mass is 191 g/mol. The van der Waals surface area contributed by atoms with Gasteiger partial charge in [-0.25, -0.2) is 0 Å². The molecule has 78 valence electrons. The van der Waals surface area contributed by atoms with E-state index >= 15 is 0 Å². The van der Waals surface area contributed by atoms with Crippen molar-refractivity contribution in [1.82, 2.24) is 5.32 Å². The molecule has 5 aliphatic rings. The maximum atomic E-state index is 3.92. The third-order valence-electron chi connectivity index (χ3n) is 5.87. The minimum Gasteiger partial charge on any atom is -0.310 e. The van der Waals surface area contributed by atoms with Crippen molar-refractivity contribution in [3.05, 3.63) is 0 Å². The summed E-state index contributed by atoms with van der Waals surface area (Å²) in [5.41, 5.74) is 0. The van der Waals surface area contributed by atoms with Crippen LogP contribution in [-0.2, 0) is 0 Å². The molecule has 1 nitrogen and oxygen atoms in total. The molecule has 5 atom stereocenters. The Morgan fingerprint density at radius 3 is 2.29 bits per heavy atom. The van der Waals surface area contributed by atoms with Crippen LogP contribution in [0.4, 0.5) is 0 Å². The summed E-state index contributed by atoms with van der Waals surface area (Å²) in [6, 6.07) is 1.84. The van der Waals surface area contributed by atoms with Crippen molar-refractivity contribution >= 4 is 0 Å². The number of nitrogens with one attached hydrogen (secondary N) is 1. The topological polar surface area (TPSA) is 12.0 Å². The highest BCUT2D eigenvalue weighted by Crippen LogP contribution is 2.58. The molecule has 2 aliphatic heterocycles. The fourth-order valence-corrected chi connectivity index (χ4v) is 5.46. The smallest absolute Gasteiger partial charge is 0.0130 e. The molecule has 5 rings (SSSR count). The van der Waals surface area contributed by atoms with Gasteiger partial charge in [0.1, 0.15) is 0 Å². The predicted molar refractivity (Wildman–Crippen MR) is 56.9 cm³/mol. The molecule has 4 bridgehead atoms. The minimum atomic E-state index is 0.915. The van der Waals surface area contributed by atoms with Crippen molar-refractivity contribution in [3.8, 4) is 0 Å². The van der Waals surface area contributed by atoms with E-state index in [9.17, 15) is 0 Å². The summed E-state index contributed by atoms with van der Waals surface area (Å²) in [6.07, 6.45) is 7.72. The summed E-state index contributed by atoms with van der Waals surface area (Å²) in [7, 11) is 0. The molecule has 0 radical (unpaired) electrons. The number of hydrogen-bond donors (Lipinski definition) is 1. The Kier molecular flexibility index (Phi) is 1.49. The first kappa shape index (κ1) is 8.15. The van der Waals surface area contributed by atoms with Crippen LogP contribution in [0.1, 0.15) is 39.0 Å².